The molecule has 3 aromatic rings. The summed E-state index contributed by atoms with van der Waals surface area (Å²) in [6.07, 6.45) is 1.68. The van der Waals surface area contributed by atoms with Gasteiger partial charge in [0.25, 0.3) is 0 Å². The molecule has 11 heteroatoms. The third kappa shape index (κ3) is 5.99. The Bertz CT molecular complexity index is 973. The van der Waals surface area contributed by atoms with E-state index in [0.717, 1.165) is 5.56 Å². The van der Waals surface area contributed by atoms with Crippen molar-refractivity contribution in [2.45, 2.75) is 26.0 Å². The Morgan fingerprint density at radius 3 is 2.60 bits per heavy atom. The molecule has 162 valence electrons. The highest BCUT2D eigenvalue weighted by atomic mass is 35.5. The monoisotopic (exact) mass is 474 g/mol. The molecular weight excluding hydrogens is 454 g/mol. The first-order valence-electron chi connectivity index (χ1n) is 8.82. The minimum absolute atomic E-state index is 0. The Labute approximate surface area is 188 Å². The van der Waals surface area contributed by atoms with Crippen molar-refractivity contribution in [2.75, 3.05) is 13.2 Å². The van der Waals surface area contributed by atoms with Gasteiger partial charge in [-0.05, 0) is 26.0 Å². The van der Waals surface area contributed by atoms with Gasteiger partial charge in [-0.1, -0.05) is 22.9 Å². The van der Waals surface area contributed by atoms with Gasteiger partial charge < -0.3 is 20.3 Å². The number of rotatable bonds is 8. The number of aliphatic hydroxyl groups is 1. The number of aromatic nitrogens is 3. The fraction of sp³-hybridized carbons (Fsp3) is 0.316. The van der Waals surface area contributed by atoms with E-state index in [1.165, 1.54) is 23.5 Å². The Morgan fingerprint density at radius 2 is 1.97 bits per heavy atom. The molecule has 7 nitrogen and oxygen atoms in total. The maximum Gasteiger partial charge on any atom is 0.213 e. The predicted molar refractivity (Wildman–Crippen MR) is 117 cm³/mol. The average molecular weight is 475 g/mol. The van der Waals surface area contributed by atoms with Crippen LogP contribution in [0.5, 0.6) is 11.6 Å². The quantitative estimate of drug-likeness (QED) is 0.508. The van der Waals surface area contributed by atoms with Crippen LogP contribution in [0, 0.1) is 5.82 Å². The van der Waals surface area contributed by atoms with Crippen LogP contribution in [0.25, 0.3) is 21.1 Å². The van der Waals surface area contributed by atoms with Crippen molar-refractivity contribution >= 4 is 35.3 Å². The number of nitrogens with zero attached hydrogens (tertiary/aromatic N) is 3. The van der Waals surface area contributed by atoms with Gasteiger partial charge in [-0.3, -0.25) is 0 Å². The molecule has 0 amide bonds. The average Bonchev–Trinajstić information content (AvgIpc) is 3.18. The van der Waals surface area contributed by atoms with E-state index in [1.54, 1.807) is 12.3 Å². The second-order valence-electron chi connectivity index (χ2n) is 6.48. The van der Waals surface area contributed by atoms with E-state index >= 15 is 0 Å². The Hall–Kier alpha value is -2.04. The molecule has 0 unspecified atom stereocenters. The van der Waals surface area contributed by atoms with Gasteiger partial charge in [0.05, 0.1) is 23.8 Å². The molecule has 0 aliphatic rings. The molecule has 0 spiro atoms. The fourth-order valence-electron chi connectivity index (χ4n) is 2.32. The van der Waals surface area contributed by atoms with Crippen molar-refractivity contribution in [2.24, 2.45) is 5.73 Å². The number of hydrogen-bond donors (Lipinski definition) is 2. The summed E-state index contributed by atoms with van der Waals surface area (Å²) < 4.78 is 25.2. The van der Waals surface area contributed by atoms with Gasteiger partial charge >= 0.3 is 0 Å². The smallest absolute Gasteiger partial charge is 0.213 e. The van der Waals surface area contributed by atoms with Crippen molar-refractivity contribution in [3.05, 3.63) is 41.3 Å². The van der Waals surface area contributed by atoms with Crippen molar-refractivity contribution in [3.8, 4) is 32.8 Å². The van der Waals surface area contributed by atoms with E-state index in [2.05, 4.69) is 15.2 Å². The van der Waals surface area contributed by atoms with Crippen molar-refractivity contribution < 1.29 is 19.0 Å². The highest BCUT2D eigenvalue weighted by molar-refractivity contribution is 7.18. The van der Waals surface area contributed by atoms with Gasteiger partial charge in [-0.25, -0.2) is 9.37 Å². The van der Waals surface area contributed by atoms with Crippen LogP contribution in [-0.4, -0.2) is 45.6 Å². The zero-order chi connectivity index (χ0) is 21.0. The fourth-order valence-corrected chi connectivity index (χ4v) is 3.48. The maximum atomic E-state index is 14.4. The normalized spacial score (nSPS) is 11.8. The van der Waals surface area contributed by atoms with E-state index in [4.69, 9.17) is 31.9 Å². The van der Waals surface area contributed by atoms with Crippen LogP contribution in [0.4, 0.5) is 4.39 Å². The number of pyridine rings is 1. The number of ether oxygens (including phenoxy) is 2. The van der Waals surface area contributed by atoms with Crippen LogP contribution in [0.15, 0.2) is 30.5 Å². The molecule has 3 rings (SSSR count). The number of benzene rings is 1. The van der Waals surface area contributed by atoms with Crippen molar-refractivity contribution in [3.63, 3.8) is 0 Å². The summed E-state index contributed by atoms with van der Waals surface area (Å²) in [5.41, 5.74) is 6.73. The topological polar surface area (TPSA) is 103 Å². The first-order chi connectivity index (χ1) is 13.9. The molecule has 30 heavy (non-hydrogen) atoms. The standard InChI is InChI=1S/C19H20ClFN4O3S.ClH/c1-10(2)28-17-4-3-11(7-23-17)18-24-25-19(29-18)13-5-15(21)16(6-14(13)20)27-9-12(22)8-26;/h3-7,10,12,26H,8-9,22H2,1-2H3;1H/t12-;/m0./s1. The summed E-state index contributed by atoms with van der Waals surface area (Å²) in [5, 5.41) is 18.5. The van der Waals surface area contributed by atoms with Gasteiger partial charge in [0.1, 0.15) is 16.6 Å². The van der Waals surface area contributed by atoms with Crippen LogP contribution in [0.1, 0.15) is 13.8 Å². The van der Waals surface area contributed by atoms with E-state index in [9.17, 15) is 4.39 Å². The number of nitrogens with two attached hydrogens (primary N) is 1. The molecule has 2 aromatic heterocycles. The summed E-state index contributed by atoms with van der Waals surface area (Å²) in [4.78, 5) is 4.25. The summed E-state index contributed by atoms with van der Waals surface area (Å²) in [5.74, 6) is -0.129. The first kappa shape index (κ1) is 24.2. The van der Waals surface area contributed by atoms with Crippen LogP contribution < -0.4 is 15.2 Å². The molecule has 0 radical (unpaired) electrons. The highest BCUT2D eigenvalue weighted by Gasteiger charge is 2.17. The Morgan fingerprint density at radius 1 is 1.23 bits per heavy atom. The lowest BCUT2D eigenvalue weighted by Gasteiger charge is -2.12. The minimum atomic E-state index is -0.608. The summed E-state index contributed by atoms with van der Waals surface area (Å²) >= 11 is 7.55. The molecule has 1 aromatic carbocycles. The second-order valence-corrected chi connectivity index (χ2v) is 7.86. The van der Waals surface area contributed by atoms with Crippen LogP contribution >= 0.6 is 35.3 Å². The van der Waals surface area contributed by atoms with Gasteiger partial charge in [-0.2, -0.15) is 0 Å². The van der Waals surface area contributed by atoms with Crippen molar-refractivity contribution in [1.29, 1.82) is 0 Å². The van der Waals surface area contributed by atoms with Gasteiger partial charge in [0, 0.05) is 29.5 Å². The lowest BCUT2D eigenvalue weighted by Crippen LogP contribution is -2.31. The zero-order valence-corrected chi connectivity index (χ0v) is 18.6. The molecule has 0 bridgehead atoms. The number of hydrogen-bond acceptors (Lipinski definition) is 8. The molecular formula is C19H21Cl2FN4O3S. The van der Waals surface area contributed by atoms with E-state index in [-0.39, 0.29) is 42.5 Å². The molecule has 0 aliphatic heterocycles. The highest BCUT2D eigenvalue weighted by Crippen LogP contribution is 2.37. The van der Waals surface area contributed by atoms with Crippen LogP contribution in [0.3, 0.4) is 0 Å². The SMILES string of the molecule is CC(C)Oc1ccc(-c2nnc(-c3cc(F)c(OC[C@@H](N)CO)cc3Cl)s2)cn1.Cl. The van der Waals surface area contributed by atoms with Gasteiger partial charge in [0.2, 0.25) is 5.88 Å². The summed E-state index contributed by atoms with van der Waals surface area (Å²) in [6, 6.07) is 5.58. The summed E-state index contributed by atoms with van der Waals surface area (Å²) in [6.45, 7) is 3.55. The van der Waals surface area contributed by atoms with Gasteiger partial charge in [-0.15, -0.1) is 22.6 Å². The lowest BCUT2D eigenvalue weighted by atomic mass is 10.2. The zero-order valence-electron chi connectivity index (χ0n) is 16.2. The van der Waals surface area contributed by atoms with E-state index in [0.29, 0.717) is 21.5 Å². The van der Waals surface area contributed by atoms with Crippen LogP contribution in [0.2, 0.25) is 5.02 Å². The molecule has 0 fully saturated rings. The van der Waals surface area contributed by atoms with Crippen LogP contribution in [-0.2, 0) is 0 Å². The first-order valence-corrected chi connectivity index (χ1v) is 10.0. The number of halogens is 3. The third-order valence-corrected chi connectivity index (χ3v) is 5.02. The number of aliphatic hydroxyl groups excluding tert-OH is 1. The molecule has 1 atom stereocenters. The predicted octanol–water partition coefficient (Wildman–Crippen LogP) is 3.97. The molecule has 0 saturated carbocycles. The van der Waals surface area contributed by atoms with E-state index < -0.39 is 11.9 Å². The minimum Gasteiger partial charge on any atom is -0.489 e. The Balaban J connectivity index is 0.00000320. The molecule has 0 aliphatic carbocycles. The van der Waals surface area contributed by atoms with E-state index in [1.807, 2.05) is 19.9 Å². The molecule has 3 N–H and O–H groups in total. The largest absolute Gasteiger partial charge is 0.489 e. The third-order valence-electron chi connectivity index (χ3n) is 3.70. The Kier molecular flexibility index (Phi) is 8.75. The molecule has 0 saturated heterocycles. The van der Waals surface area contributed by atoms with Gasteiger partial charge in [0.15, 0.2) is 11.6 Å². The maximum absolute atomic E-state index is 14.4. The lowest BCUT2D eigenvalue weighted by molar-refractivity contribution is 0.202. The second kappa shape index (κ2) is 10.8. The summed E-state index contributed by atoms with van der Waals surface area (Å²) in [7, 11) is 0. The molecule has 2 heterocycles. The van der Waals surface area contributed by atoms with Crippen molar-refractivity contribution in [1.82, 2.24) is 15.2 Å².